The molecule has 1 aliphatic rings. The number of halogens is 3. The summed E-state index contributed by atoms with van der Waals surface area (Å²) >= 11 is 1.31. The fourth-order valence-corrected chi connectivity index (χ4v) is 4.64. The summed E-state index contributed by atoms with van der Waals surface area (Å²) in [5.41, 5.74) is 6.62. The second-order valence-corrected chi connectivity index (χ2v) is 8.98. The Balaban J connectivity index is 1.53. The van der Waals surface area contributed by atoms with Crippen molar-refractivity contribution in [2.24, 2.45) is 5.73 Å². The minimum atomic E-state index is -1.30. The largest absolute Gasteiger partial charge is 0.427 e. The van der Waals surface area contributed by atoms with Gasteiger partial charge in [0.25, 0.3) is 5.91 Å². The van der Waals surface area contributed by atoms with Gasteiger partial charge in [-0.15, -0.1) is 11.8 Å². The highest BCUT2D eigenvalue weighted by molar-refractivity contribution is 8.00. The molecule has 0 radical (unpaired) electrons. The summed E-state index contributed by atoms with van der Waals surface area (Å²) in [6.07, 6.45) is -0.337. The van der Waals surface area contributed by atoms with Crippen LogP contribution in [0.25, 0.3) is 0 Å². The fourth-order valence-electron chi connectivity index (χ4n) is 3.48. The van der Waals surface area contributed by atoms with Crippen LogP contribution >= 0.6 is 11.8 Å². The first-order valence-corrected chi connectivity index (χ1v) is 11.5. The number of nitrogens with two attached hydrogens (primary N) is 1. The SMILES string of the molecule is CC(=O)Oc1ccc(CNC(=O)C2SCCN2C(=O)CC(N)Cc2cc(F)c(F)cc2F)cc1. The summed E-state index contributed by atoms with van der Waals surface area (Å²) in [5, 5.41) is 2.04. The van der Waals surface area contributed by atoms with Crippen molar-refractivity contribution in [2.75, 3.05) is 12.3 Å². The molecule has 182 valence electrons. The molecule has 34 heavy (non-hydrogen) atoms. The summed E-state index contributed by atoms with van der Waals surface area (Å²) in [6, 6.07) is 6.98. The van der Waals surface area contributed by atoms with Crippen molar-refractivity contribution in [3.8, 4) is 5.75 Å². The minimum Gasteiger partial charge on any atom is -0.427 e. The zero-order chi connectivity index (χ0) is 24.8. The van der Waals surface area contributed by atoms with Crippen LogP contribution in [0.4, 0.5) is 13.2 Å². The molecule has 11 heteroatoms. The third-order valence-corrected chi connectivity index (χ3v) is 6.30. The number of benzene rings is 2. The Hall–Kier alpha value is -3.05. The lowest BCUT2D eigenvalue weighted by Gasteiger charge is -2.24. The molecule has 2 atom stereocenters. The van der Waals surface area contributed by atoms with Crippen molar-refractivity contribution in [3.05, 3.63) is 65.0 Å². The molecule has 3 rings (SSSR count). The van der Waals surface area contributed by atoms with Crippen LogP contribution < -0.4 is 15.8 Å². The van der Waals surface area contributed by atoms with E-state index in [4.69, 9.17) is 10.5 Å². The van der Waals surface area contributed by atoms with Crippen molar-refractivity contribution in [1.82, 2.24) is 10.2 Å². The summed E-state index contributed by atoms with van der Waals surface area (Å²) in [5.74, 6) is -3.63. The molecule has 1 heterocycles. The lowest BCUT2D eigenvalue weighted by atomic mass is 10.0. The van der Waals surface area contributed by atoms with E-state index in [1.165, 1.54) is 23.6 Å². The summed E-state index contributed by atoms with van der Waals surface area (Å²) in [6.45, 7) is 1.87. The number of amides is 2. The monoisotopic (exact) mass is 495 g/mol. The molecule has 1 saturated heterocycles. The first-order chi connectivity index (χ1) is 16.1. The molecule has 0 saturated carbocycles. The maximum Gasteiger partial charge on any atom is 0.308 e. The Bertz CT molecular complexity index is 1070. The predicted octanol–water partition coefficient (Wildman–Crippen LogP) is 2.51. The quantitative estimate of drug-likeness (QED) is 0.332. The summed E-state index contributed by atoms with van der Waals surface area (Å²) < 4.78 is 45.3. The zero-order valence-electron chi connectivity index (χ0n) is 18.4. The highest BCUT2D eigenvalue weighted by Crippen LogP contribution is 2.25. The first kappa shape index (κ1) is 25.6. The normalized spacial score (nSPS) is 16.3. The Labute approximate surface area is 198 Å². The van der Waals surface area contributed by atoms with E-state index in [9.17, 15) is 27.6 Å². The molecule has 2 aromatic carbocycles. The molecule has 3 N–H and O–H groups in total. The maximum atomic E-state index is 13.9. The van der Waals surface area contributed by atoms with Crippen molar-refractivity contribution < 1.29 is 32.3 Å². The van der Waals surface area contributed by atoms with Gasteiger partial charge in [0.15, 0.2) is 17.0 Å². The minimum absolute atomic E-state index is 0.121. The Morgan fingerprint density at radius 3 is 2.50 bits per heavy atom. The number of rotatable bonds is 8. The standard InChI is InChI=1S/C23H24F3N3O4S/c1-13(30)33-17-4-2-14(3-5-17)12-28-22(32)23-29(6-7-34-23)21(31)10-16(27)8-15-9-19(25)20(26)11-18(15)24/h2-5,9,11,16,23H,6-8,10,12,27H2,1H3,(H,28,32). The van der Waals surface area contributed by atoms with Gasteiger partial charge in [-0.05, 0) is 35.7 Å². The molecule has 0 aliphatic carbocycles. The number of hydrogen-bond acceptors (Lipinski definition) is 6. The van der Waals surface area contributed by atoms with E-state index in [1.807, 2.05) is 0 Å². The number of carbonyl (C=O) groups is 3. The molecular formula is C23H24F3N3O4S. The molecule has 1 fully saturated rings. The smallest absolute Gasteiger partial charge is 0.308 e. The zero-order valence-corrected chi connectivity index (χ0v) is 19.2. The van der Waals surface area contributed by atoms with Crippen LogP contribution in [-0.4, -0.2) is 46.4 Å². The lowest BCUT2D eigenvalue weighted by Crippen LogP contribution is -2.46. The van der Waals surface area contributed by atoms with E-state index in [-0.39, 0.29) is 36.8 Å². The van der Waals surface area contributed by atoms with Gasteiger partial charge in [-0.1, -0.05) is 12.1 Å². The topological polar surface area (TPSA) is 102 Å². The van der Waals surface area contributed by atoms with Gasteiger partial charge in [-0.3, -0.25) is 14.4 Å². The Morgan fingerprint density at radius 2 is 1.82 bits per heavy atom. The maximum absolute atomic E-state index is 13.9. The predicted molar refractivity (Wildman–Crippen MR) is 120 cm³/mol. The van der Waals surface area contributed by atoms with E-state index >= 15 is 0 Å². The van der Waals surface area contributed by atoms with Gasteiger partial charge in [0.1, 0.15) is 11.6 Å². The van der Waals surface area contributed by atoms with Crippen molar-refractivity contribution in [2.45, 2.75) is 37.7 Å². The Morgan fingerprint density at radius 1 is 1.15 bits per heavy atom. The molecular weight excluding hydrogens is 471 g/mol. The van der Waals surface area contributed by atoms with Crippen molar-refractivity contribution in [1.29, 1.82) is 0 Å². The van der Waals surface area contributed by atoms with Crippen molar-refractivity contribution in [3.63, 3.8) is 0 Å². The van der Waals surface area contributed by atoms with Gasteiger partial charge in [0.2, 0.25) is 5.91 Å². The molecule has 7 nitrogen and oxygen atoms in total. The summed E-state index contributed by atoms with van der Waals surface area (Å²) in [7, 11) is 0. The molecule has 2 amide bonds. The molecule has 0 spiro atoms. The molecule has 0 bridgehead atoms. The molecule has 2 aromatic rings. The van der Waals surface area contributed by atoms with E-state index < -0.39 is 34.8 Å². The van der Waals surface area contributed by atoms with E-state index in [0.29, 0.717) is 24.1 Å². The third-order valence-electron chi connectivity index (χ3n) is 5.10. The number of ether oxygens (including phenoxy) is 1. The van der Waals surface area contributed by atoms with Crippen LogP contribution in [0.15, 0.2) is 36.4 Å². The van der Waals surface area contributed by atoms with Crippen LogP contribution in [-0.2, 0) is 27.3 Å². The third kappa shape index (κ3) is 6.73. The van der Waals surface area contributed by atoms with Gasteiger partial charge >= 0.3 is 5.97 Å². The number of carbonyl (C=O) groups excluding carboxylic acids is 3. The number of thioether (sulfide) groups is 1. The van der Waals surface area contributed by atoms with E-state index in [1.54, 1.807) is 24.3 Å². The van der Waals surface area contributed by atoms with Gasteiger partial charge in [0, 0.05) is 44.3 Å². The molecule has 1 aliphatic heterocycles. The second-order valence-electron chi connectivity index (χ2n) is 7.79. The highest BCUT2D eigenvalue weighted by Gasteiger charge is 2.35. The highest BCUT2D eigenvalue weighted by atomic mass is 32.2. The van der Waals surface area contributed by atoms with Gasteiger partial charge in [-0.2, -0.15) is 0 Å². The van der Waals surface area contributed by atoms with Gasteiger partial charge < -0.3 is 20.7 Å². The fraction of sp³-hybridized carbons (Fsp3) is 0.348. The van der Waals surface area contributed by atoms with Crippen LogP contribution in [0, 0.1) is 17.5 Å². The van der Waals surface area contributed by atoms with Gasteiger partial charge in [0.05, 0.1) is 0 Å². The summed E-state index contributed by atoms with van der Waals surface area (Å²) in [4.78, 5) is 37.8. The average molecular weight is 496 g/mol. The van der Waals surface area contributed by atoms with Crippen LogP contribution in [0.1, 0.15) is 24.5 Å². The number of nitrogens with one attached hydrogen (secondary N) is 1. The average Bonchev–Trinajstić information content (AvgIpc) is 3.26. The lowest BCUT2D eigenvalue weighted by molar-refractivity contribution is -0.136. The number of nitrogens with zero attached hydrogens (tertiary/aromatic N) is 1. The molecule has 0 aromatic heterocycles. The van der Waals surface area contributed by atoms with Gasteiger partial charge in [-0.25, -0.2) is 13.2 Å². The number of esters is 1. The Kier molecular flexibility index (Phi) is 8.56. The van der Waals surface area contributed by atoms with E-state index in [0.717, 1.165) is 11.6 Å². The number of hydrogen-bond donors (Lipinski definition) is 2. The first-order valence-electron chi connectivity index (χ1n) is 10.5. The van der Waals surface area contributed by atoms with Crippen LogP contribution in [0.3, 0.4) is 0 Å². The second kappa shape index (κ2) is 11.4. The molecule has 2 unspecified atom stereocenters. The van der Waals surface area contributed by atoms with E-state index in [2.05, 4.69) is 5.32 Å². The van der Waals surface area contributed by atoms with Crippen molar-refractivity contribution >= 4 is 29.5 Å². The van der Waals surface area contributed by atoms with Crippen LogP contribution in [0.5, 0.6) is 5.75 Å². The van der Waals surface area contributed by atoms with Crippen LogP contribution in [0.2, 0.25) is 0 Å².